The molecule has 1 aromatic heterocycles. The second-order valence-electron chi connectivity index (χ2n) is 4.29. The minimum Gasteiger partial charge on any atom is -0.326 e. The smallest absolute Gasteiger partial charge is 0.207 e. The molecule has 0 amide bonds. The summed E-state index contributed by atoms with van der Waals surface area (Å²) in [5.74, 6) is 0.914. The van der Waals surface area contributed by atoms with Gasteiger partial charge in [-0.05, 0) is 25.5 Å². The Morgan fingerprint density at radius 1 is 1.29 bits per heavy atom. The molecule has 0 saturated heterocycles. The van der Waals surface area contributed by atoms with Crippen molar-refractivity contribution in [2.75, 3.05) is 5.32 Å². The predicted octanol–water partition coefficient (Wildman–Crippen LogP) is 3.99. The molecule has 3 heteroatoms. The summed E-state index contributed by atoms with van der Waals surface area (Å²) in [6.45, 7) is 4.43. The summed E-state index contributed by atoms with van der Waals surface area (Å²) in [4.78, 5) is 4.37. The van der Waals surface area contributed by atoms with Gasteiger partial charge in [-0.15, -0.1) is 0 Å². The molecule has 1 unspecified atom stereocenters. The molecule has 2 aromatic rings. The Morgan fingerprint density at radius 3 is 2.76 bits per heavy atom. The normalized spacial score (nSPS) is 12.4. The number of hydrogen-bond acceptors (Lipinski definition) is 2. The first kappa shape index (κ1) is 11.7. The van der Waals surface area contributed by atoms with Crippen LogP contribution in [0.3, 0.4) is 0 Å². The SMILES string of the molecule is CCCC(C)n1ccnc1Nc1ccccc1. The van der Waals surface area contributed by atoms with Gasteiger partial charge >= 0.3 is 0 Å². The topological polar surface area (TPSA) is 29.9 Å². The van der Waals surface area contributed by atoms with Crippen LogP contribution in [-0.2, 0) is 0 Å². The third-order valence-corrected chi connectivity index (χ3v) is 2.88. The Bertz CT molecular complexity index is 448. The Morgan fingerprint density at radius 2 is 2.06 bits per heavy atom. The highest BCUT2D eigenvalue weighted by Gasteiger charge is 2.08. The van der Waals surface area contributed by atoms with Crippen molar-refractivity contribution in [2.24, 2.45) is 0 Å². The minimum atomic E-state index is 0.480. The summed E-state index contributed by atoms with van der Waals surface area (Å²) in [6, 6.07) is 10.6. The van der Waals surface area contributed by atoms with Crippen LogP contribution in [0.25, 0.3) is 0 Å². The highest BCUT2D eigenvalue weighted by Crippen LogP contribution is 2.21. The quantitative estimate of drug-likeness (QED) is 0.840. The molecular weight excluding hydrogens is 210 g/mol. The molecule has 0 aliphatic rings. The number of nitrogens with zero attached hydrogens (tertiary/aromatic N) is 2. The number of rotatable bonds is 5. The van der Waals surface area contributed by atoms with E-state index in [0.29, 0.717) is 6.04 Å². The van der Waals surface area contributed by atoms with Crippen LogP contribution >= 0.6 is 0 Å². The standard InChI is InChI=1S/C14H19N3/c1-3-7-12(2)17-11-10-15-14(17)16-13-8-5-4-6-9-13/h4-6,8-12H,3,7H2,1-2H3,(H,15,16). The van der Waals surface area contributed by atoms with Crippen molar-refractivity contribution in [1.82, 2.24) is 9.55 Å². The predicted molar refractivity (Wildman–Crippen MR) is 71.6 cm³/mol. The number of hydrogen-bond donors (Lipinski definition) is 1. The van der Waals surface area contributed by atoms with E-state index in [-0.39, 0.29) is 0 Å². The zero-order valence-electron chi connectivity index (χ0n) is 10.4. The maximum absolute atomic E-state index is 4.37. The van der Waals surface area contributed by atoms with E-state index in [1.54, 1.807) is 0 Å². The zero-order chi connectivity index (χ0) is 12.1. The monoisotopic (exact) mass is 229 g/mol. The molecule has 1 atom stereocenters. The van der Waals surface area contributed by atoms with Gasteiger partial charge in [0, 0.05) is 24.1 Å². The van der Waals surface area contributed by atoms with Crippen LogP contribution in [0.2, 0.25) is 0 Å². The van der Waals surface area contributed by atoms with Crippen molar-refractivity contribution in [3.8, 4) is 0 Å². The highest BCUT2D eigenvalue weighted by molar-refractivity contribution is 5.53. The van der Waals surface area contributed by atoms with Gasteiger partial charge in [0.1, 0.15) is 0 Å². The number of anilines is 2. The van der Waals surface area contributed by atoms with Crippen molar-refractivity contribution in [2.45, 2.75) is 32.7 Å². The van der Waals surface area contributed by atoms with E-state index in [2.05, 4.69) is 28.7 Å². The van der Waals surface area contributed by atoms with E-state index in [0.717, 1.165) is 11.6 Å². The van der Waals surface area contributed by atoms with Crippen molar-refractivity contribution < 1.29 is 0 Å². The van der Waals surface area contributed by atoms with Gasteiger partial charge in [-0.1, -0.05) is 31.5 Å². The van der Waals surface area contributed by atoms with Crippen LogP contribution in [0.4, 0.5) is 11.6 Å². The summed E-state index contributed by atoms with van der Waals surface area (Å²) in [6.07, 6.45) is 6.23. The molecule has 1 N–H and O–H groups in total. The fourth-order valence-corrected chi connectivity index (χ4v) is 1.97. The van der Waals surface area contributed by atoms with E-state index in [9.17, 15) is 0 Å². The third-order valence-electron chi connectivity index (χ3n) is 2.88. The van der Waals surface area contributed by atoms with Crippen LogP contribution in [0.1, 0.15) is 32.7 Å². The van der Waals surface area contributed by atoms with E-state index in [1.807, 2.05) is 42.7 Å². The molecule has 0 bridgehead atoms. The molecule has 0 aliphatic carbocycles. The summed E-state index contributed by atoms with van der Waals surface area (Å²) in [7, 11) is 0. The van der Waals surface area contributed by atoms with Crippen LogP contribution in [0, 0.1) is 0 Å². The first-order valence-corrected chi connectivity index (χ1v) is 6.16. The fourth-order valence-electron chi connectivity index (χ4n) is 1.97. The Balaban J connectivity index is 2.14. The van der Waals surface area contributed by atoms with E-state index in [4.69, 9.17) is 0 Å². The van der Waals surface area contributed by atoms with Crippen molar-refractivity contribution in [1.29, 1.82) is 0 Å². The molecule has 0 fully saturated rings. The van der Waals surface area contributed by atoms with Crippen LogP contribution < -0.4 is 5.32 Å². The molecule has 17 heavy (non-hydrogen) atoms. The lowest BCUT2D eigenvalue weighted by Crippen LogP contribution is -2.07. The van der Waals surface area contributed by atoms with Gasteiger partial charge in [-0.3, -0.25) is 0 Å². The lowest BCUT2D eigenvalue weighted by molar-refractivity contribution is 0.506. The number of imidazole rings is 1. The molecule has 1 heterocycles. The molecule has 2 rings (SSSR count). The lowest BCUT2D eigenvalue weighted by atomic mass is 10.2. The summed E-state index contributed by atoms with van der Waals surface area (Å²) in [5.41, 5.74) is 1.07. The van der Waals surface area contributed by atoms with Gasteiger partial charge < -0.3 is 9.88 Å². The average Bonchev–Trinajstić information content (AvgIpc) is 2.79. The van der Waals surface area contributed by atoms with Crippen molar-refractivity contribution >= 4 is 11.6 Å². The van der Waals surface area contributed by atoms with Gasteiger partial charge in [-0.2, -0.15) is 0 Å². The number of nitrogens with one attached hydrogen (secondary N) is 1. The van der Waals surface area contributed by atoms with Gasteiger partial charge in [0.25, 0.3) is 0 Å². The van der Waals surface area contributed by atoms with Gasteiger partial charge in [0.05, 0.1) is 0 Å². The largest absolute Gasteiger partial charge is 0.326 e. The first-order valence-electron chi connectivity index (χ1n) is 6.16. The maximum Gasteiger partial charge on any atom is 0.207 e. The van der Waals surface area contributed by atoms with Crippen LogP contribution in [0.5, 0.6) is 0 Å². The molecule has 1 aromatic carbocycles. The van der Waals surface area contributed by atoms with Crippen molar-refractivity contribution in [3.05, 3.63) is 42.7 Å². The molecule has 3 nitrogen and oxygen atoms in total. The average molecular weight is 229 g/mol. The second kappa shape index (κ2) is 5.53. The van der Waals surface area contributed by atoms with Crippen LogP contribution in [-0.4, -0.2) is 9.55 Å². The second-order valence-corrected chi connectivity index (χ2v) is 4.29. The molecule has 90 valence electrons. The minimum absolute atomic E-state index is 0.480. The molecular formula is C14H19N3. The lowest BCUT2D eigenvalue weighted by Gasteiger charge is -2.16. The van der Waals surface area contributed by atoms with Gasteiger partial charge in [-0.25, -0.2) is 4.98 Å². The maximum atomic E-state index is 4.37. The van der Waals surface area contributed by atoms with Gasteiger partial charge in [0.2, 0.25) is 5.95 Å². The fraction of sp³-hybridized carbons (Fsp3) is 0.357. The highest BCUT2D eigenvalue weighted by atomic mass is 15.2. The Hall–Kier alpha value is -1.77. The zero-order valence-corrected chi connectivity index (χ0v) is 10.4. The summed E-state index contributed by atoms with van der Waals surface area (Å²) >= 11 is 0. The Labute approximate surface area is 103 Å². The Kier molecular flexibility index (Phi) is 3.81. The molecule has 0 aliphatic heterocycles. The summed E-state index contributed by atoms with van der Waals surface area (Å²) < 4.78 is 2.19. The summed E-state index contributed by atoms with van der Waals surface area (Å²) in [5, 5.41) is 3.34. The van der Waals surface area contributed by atoms with E-state index < -0.39 is 0 Å². The molecule has 0 spiro atoms. The number of para-hydroxylation sites is 1. The van der Waals surface area contributed by atoms with Crippen molar-refractivity contribution in [3.63, 3.8) is 0 Å². The molecule has 0 saturated carbocycles. The first-order chi connectivity index (χ1) is 8.31. The molecule has 0 radical (unpaired) electrons. The van der Waals surface area contributed by atoms with E-state index >= 15 is 0 Å². The van der Waals surface area contributed by atoms with Gasteiger partial charge in [0.15, 0.2) is 0 Å². The van der Waals surface area contributed by atoms with Crippen LogP contribution in [0.15, 0.2) is 42.7 Å². The number of benzene rings is 1. The van der Waals surface area contributed by atoms with E-state index in [1.165, 1.54) is 12.8 Å². The number of aromatic nitrogens is 2. The third kappa shape index (κ3) is 2.87.